The molecule has 1 saturated heterocycles. The fourth-order valence-corrected chi connectivity index (χ4v) is 3.62. The van der Waals surface area contributed by atoms with Crippen LogP contribution >= 0.6 is 0 Å². The van der Waals surface area contributed by atoms with Gasteiger partial charge in [0, 0.05) is 45.0 Å². The molecule has 0 bridgehead atoms. The number of benzene rings is 2. The Morgan fingerprint density at radius 3 is 2.56 bits per heavy atom. The molecule has 0 unspecified atom stereocenters. The van der Waals surface area contributed by atoms with Crippen molar-refractivity contribution in [3.05, 3.63) is 64.6 Å². The number of piperazine rings is 1. The topological polar surface area (TPSA) is 44.3 Å². The number of nitrogens with one attached hydrogen (secondary N) is 1. The number of nitrogens with zero attached hydrogens (tertiary/aromatic N) is 3. The number of fused-ring (bicyclic) bond motifs is 1. The summed E-state index contributed by atoms with van der Waals surface area (Å²) in [5.41, 5.74) is 4.51. The second-order valence-corrected chi connectivity index (χ2v) is 6.77. The lowest BCUT2D eigenvalue weighted by atomic mass is 10.2. The summed E-state index contributed by atoms with van der Waals surface area (Å²) < 4.78 is 1.85. The fourth-order valence-electron chi connectivity index (χ4n) is 3.62. The Bertz CT molecular complexity index is 919. The van der Waals surface area contributed by atoms with Gasteiger partial charge in [-0.05, 0) is 36.8 Å². The SMILES string of the molecule is Cc1cccc(N2CCN(CCn3c(=O)[nH]c4ccccc43)CC2)c1. The number of H-pyrrole nitrogens is 1. The van der Waals surface area contributed by atoms with E-state index in [4.69, 9.17) is 0 Å². The van der Waals surface area contributed by atoms with E-state index in [1.165, 1.54) is 11.3 Å². The van der Waals surface area contributed by atoms with Crippen molar-refractivity contribution in [2.24, 2.45) is 0 Å². The third kappa shape index (κ3) is 3.33. The predicted octanol–water partition coefficient (Wildman–Crippen LogP) is 2.46. The quantitative estimate of drug-likeness (QED) is 0.796. The first-order chi connectivity index (χ1) is 12.2. The van der Waals surface area contributed by atoms with E-state index in [0.29, 0.717) is 0 Å². The van der Waals surface area contributed by atoms with Gasteiger partial charge in [-0.3, -0.25) is 9.47 Å². The average Bonchev–Trinajstić information content (AvgIpc) is 2.95. The van der Waals surface area contributed by atoms with Gasteiger partial charge in [-0.1, -0.05) is 24.3 Å². The minimum absolute atomic E-state index is 0.0143. The van der Waals surface area contributed by atoms with Crippen molar-refractivity contribution in [2.45, 2.75) is 13.5 Å². The molecule has 3 aromatic rings. The molecule has 0 radical (unpaired) electrons. The van der Waals surface area contributed by atoms with E-state index in [1.54, 1.807) is 0 Å². The molecule has 1 N–H and O–H groups in total. The van der Waals surface area contributed by atoms with E-state index < -0.39 is 0 Å². The van der Waals surface area contributed by atoms with Crippen LogP contribution in [0.1, 0.15) is 5.56 Å². The first-order valence-electron chi connectivity index (χ1n) is 8.92. The van der Waals surface area contributed by atoms with E-state index in [-0.39, 0.29) is 5.69 Å². The van der Waals surface area contributed by atoms with Crippen molar-refractivity contribution in [2.75, 3.05) is 37.6 Å². The number of anilines is 1. The van der Waals surface area contributed by atoms with Gasteiger partial charge in [0.25, 0.3) is 0 Å². The van der Waals surface area contributed by atoms with Crippen LogP contribution in [0.5, 0.6) is 0 Å². The van der Waals surface area contributed by atoms with Gasteiger partial charge in [-0.2, -0.15) is 0 Å². The first kappa shape index (κ1) is 16.0. The molecular formula is C20H24N4O. The molecule has 1 aliphatic heterocycles. The van der Waals surface area contributed by atoms with Gasteiger partial charge in [-0.15, -0.1) is 0 Å². The van der Waals surface area contributed by atoms with E-state index >= 15 is 0 Å². The van der Waals surface area contributed by atoms with Crippen molar-refractivity contribution >= 4 is 16.7 Å². The smallest absolute Gasteiger partial charge is 0.326 e. The molecule has 0 atom stereocenters. The molecule has 25 heavy (non-hydrogen) atoms. The Hall–Kier alpha value is -2.53. The van der Waals surface area contributed by atoms with Crippen LogP contribution in [0.15, 0.2) is 53.3 Å². The lowest BCUT2D eigenvalue weighted by molar-refractivity contribution is 0.248. The Morgan fingerprint density at radius 2 is 1.76 bits per heavy atom. The molecule has 1 fully saturated rings. The summed E-state index contributed by atoms with van der Waals surface area (Å²) in [4.78, 5) is 20.0. The number of aromatic amines is 1. The van der Waals surface area contributed by atoms with E-state index in [2.05, 4.69) is 46.0 Å². The Labute approximate surface area is 147 Å². The molecule has 0 aliphatic carbocycles. The number of rotatable bonds is 4. The Kier molecular flexibility index (Phi) is 4.32. The molecule has 1 aliphatic rings. The van der Waals surface area contributed by atoms with Crippen molar-refractivity contribution in [1.82, 2.24) is 14.5 Å². The van der Waals surface area contributed by atoms with Gasteiger partial charge >= 0.3 is 5.69 Å². The zero-order valence-electron chi connectivity index (χ0n) is 14.6. The number of aromatic nitrogens is 2. The highest BCUT2D eigenvalue weighted by molar-refractivity contribution is 5.74. The van der Waals surface area contributed by atoms with Crippen molar-refractivity contribution < 1.29 is 0 Å². The molecule has 0 spiro atoms. The van der Waals surface area contributed by atoms with Crippen LogP contribution in [0.3, 0.4) is 0 Å². The molecule has 5 nitrogen and oxygen atoms in total. The lowest BCUT2D eigenvalue weighted by Gasteiger charge is -2.36. The highest BCUT2D eigenvalue weighted by Crippen LogP contribution is 2.18. The third-order valence-corrected chi connectivity index (χ3v) is 5.06. The summed E-state index contributed by atoms with van der Waals surface area (Å²) in [5.74, 6) is 0. The Morgan fingerprint density at radius 1 is 0.960 bits per heavy atom. The largest absolute Gasteiger partial charge is 0.369 e. The standard InChI is InChI=1S/C20H24N4O/c1-16-5-4-6-17(15-16)23-12-9-22(10-13-23)11-14-24-19-8-3-2-7-18(19)21-20(24)25/h2-8,15H,9-14H2,1H3,(H,21,25). The summed E-state index contributed by atoms with van der Waals surface area (Å²) in [5, 5.41) is 0. The molecule has 0 amide bonds. The second-order valence-electron chi connectivity index (χ2n) is 6.77. The number of hydrogen-bond donors (Lipinski definition) is 1. The van der Waals surface area contributed by atoms with Crippen molar-refractivity contribution in [3.8, 4) is 0 Å². The maximum Gasteiger partial charge on any atom is 0.326 e. The van der Waals surface area contributed by atoms with Crippen LogP contribution in [0, 0.1) is 6.92 Å². The van der Waals surface area contributed by atoms with Crippen LogP contribution in [-0.2, 0) is 6.54 Å². The molecular weight excluding hydrogens is 312 g/mol. The molecule has 2 heterocycles. The molecule has 2 aromatic carbocycles. The number of imidazole rings is 1. The maximum atomic E-state index is 12.2. The monoisotopic (exact) mass is 336 g/mol. The van der Waals surface area contributed by atoms with Gasteiger partial charge < -0.3 is 9.88 Å². The van der Waals surface area contributed by atoms with Crippen LogP contribution in [0.25, 0.3) is 11.0 Å². The molecule has 4 rings (SSSR count). The van der Waals surface area contributed by atoms with Crippen LogP contribution in [0.4, 0.5) is 5.69 Å². The van der Waals surface area contributed by atoms with E-state index in [0.717, 1.165) is 50.3 Å². The first-order valence-corrected chi connectivity index (χ1v) is 8.92. The predicted molar refractivity (Wildman–Crippen MR) is 102 cm³/mol. The number of hydrogen-bond acceptors (Lipinski definition) is 3. The number of aryl methyl sites for hydroxylation is 1. The lowest BCUT2D eigenvalue weighted by Crippen LogP contribution is -2.47. The summed E-state index contributed by atoms with van der Waals surface area (Å²) in [6, 6.07) is 16.6. The molecule has 1 aromatic heterocycles. The fraction of sp³-hybridized carbons (Fsp3) is 0.350. The highest BCUT2D eigenvalue weighted by atomic mass is 16.1. The van der Waals surface area contributed by atoms with Gasteiger partial charge in [0.05, 0.1) is 11.0 Å². The highest BCUT2D eigenvalue weighted by Gasteiger charge is 2.17. The van der Waals surface area contributed by atoms with E-state index in [1.807, 2.05) is 28.8 Å². The van der Waals surface area contributed by atoms with Crippen LogP contribution in [0.2, 0.25) is 0 Å². The zero-order valence-corrected chi connectivity index (χ0v) is 14.6. The molecule has 0 saturated carbocycles. The third-order valence-electron chi connectivity index (χ3n) is 5.06. The van der Waals surface area contributed by atoms with Crippen molar-refractivity contribution in [3.63, 3.8) is 0 Å². The van der Waals surface area contributed by atoms with Crippen molar-refractivity contribution in [1.29, 1.82) is 0 Å². The van der Waals surface area contributed by atoms with Crippen LogP contribution in [-0.4, -0.2) is 47.2 Å². The van der Waals surface area contributed by atoms with E-state index in [9.17, 15) is 4.79 Å². The van der Waals surface area contributed by atoms with Gasteiger partial charge in [0.2, 0.25) is 0 Å². The minimum atomic E-state index is -0.0143. The maximum absolute atomic E-state index is 12.2. The van der Waals surface area contributed by atoms with Gasteiger partial charge in [-0.25, -0.2) is 4.79 Å². The van der Waals surface area contributed by atoms with Crippen LogP contribution < -0.4 is 10.6 Å². The summed E-state index contributed by atoms with van der Waals surface area (Å²) in [6.45, 7) is 7.91. The minimum Gasteiger partial charge on any atom is -0.369 e. The summed E-state index contributed by atoms with van der Waals surface area (Å²) in [6.07, 6.45) is 0. The Balaban J connectivity index is 1.37. The zero-order chi connectivity index (χ0) is 17.2. The van der Waals surface area contributed by atoms with Gasteiger partial charge in [0.1, 0.15) is 0 Å². The normalized spacial score (nSPS) is 15.8. The number of para-hydroxylation sites is 2. The summed E-state index contributed by atoms with van der Waals surface area (Å²) in [7, 11) is 0. The molecule has 130 valence electrons. The summed E-state index contributed by atoms with van der Waals surface area (Å²) >= 11 is 0. The second kappa shape index (κ2) is 6.76. The average molecular weight is 336 g/mol. The van der Waals surface area contributed by atoms with Gasteiger partial charge in [0.15, 0.2) is 0 Å². The molecule has 5 heteroatoms.